The third-order valence-electron chi connectivity index (χ3n) is 6.37. The monoisotopic (exact) mass is 517 g/mol. The van der Waals surface area contributed by atoms with Crippen LogP contribution in [-0.4, -0.2) is 52.8 Å². The number of unbranched alkanes of at least 4 members (excludes halogenated alkanes) is 1. The number of hydrogen-bond acceptors (Lipinski definition) is 5. The molecule has 2 N–H and O–H groups in total. The Kier molecular flexibility index (Phi) is 10.8. The zero-order chi connectivity index (χ0) is 27.8. The van der Waals surface area contributed by atoms with E-state index in [-0.39, 0.29) is 18.0 Å². The Bertz CT molecular complexity index is 895. The van der Waals surface area contributed by atoms with Gasteiger partial charge < -0.3 is 25.0 Å². The van der Waals surface area contributed by atoms with Crippen molar-refractivity contribution in [1.82, 2.24) is 15.5 Å². The summed E-state index contributed by atoms with van der Waals surface area (Å²) in [4.78, 5) is 39.9. The maximum atomic E-state index is 13.4. The number of alkyl carbamates (subject to hydrolysis) is 2. The predicted octanol–water partition coefficient (Wildman–Crippen LogP) is 5.96. The van der Waals surface area contributed by atoms with E-state index in [0.29, 0.717) is 31.7 Å². The lowest BCUT2D eigenvalue weighted by Gasteiger charge is -2.26. The van der Waals surface area contributed by atoms with Gasteiger partial charge in [0.2, 0.25) is 5.91 Å². The molecule has 1 aromatic rings. The first-order valence-corrected chi connectivity index (χ1v) is 13.5. The van der Waals surface area contributed by atoms with Crippen LogP contribution in [0.1, 0.15) is 99.1 Å². The molecule has 0 aromatic heterocycles. The second kappa shape index (κ2) is 13.2. The molecular formula is C29H47N3O5. The van der Waals surface area contributed by atoms with Crippen LogP contribution in [-0.2, 0) is 14.3 Å². The molecule has 1 heterocycles. The van der Waals surface area contributed by atoms with Gasteiger partial charge in [0.1, 0.15) is 17.2 Å². The topological polar surface area (TPSA) is 96.7 Å². The first kappa shape index (κ1) is 30.5. The van der Waals surface area contributed by atoms with Crippen LogP contribution in [0.5, 0.6) is 0 Å². The number of benzene rings is 1. The molecule has 2 rings (SSSR count). The summed E-state index contributed by atoms with van der Waals surface area (Å²) in [6, 6.07) is 9.27. The maximum Gasteiger partial charge on any atom is 0.408 e. The fourth-order valence-electron chi connectivity index (χ4n) is 4.30. The lowest BCUT2D eigenvalue weighted by atomic mass is 9.97. The normalized spacial score (nSPS) is 18.2. The van der Waals surface area contributed by atoms with Crippen LogP contribution < -0.4 is 10.6 Å². The van der Waals surface area contributed by atoms with Crippen molar-refractivity contribution in [2.45, 2.75) is 117 Å². The lowest BCUT2D eigenvalue weighted by molar-refractivity contribution is -0.129. The van der Waals surface area contributed by atoms with E-state index in [1.165, 1.54) is 0 Å². The quantitative estimate of drug-likeness (QED) is 0.263. The molecule has 1 aliphatic rings. The van der Waals surface area contributed by atoms with E-state index < -0.39 is 29.4 Å². The number of amides is 3. The van der Waals surface area contributed by atoms with Gasteiger partial charge in [-0.25, -0.2) is 9.59 Å². The van der Waals surface area contributed by atoms with E-state index in [1.807, 2.05) is 56.0 Å². The molecule has 3 atom stereocenters. The van der Waals surface area contributed by atoms with Gasteiger partial charge in [-0.3, -0.25) is 4.79 Å². The first-order valence-electron chi connectivity index (χ1n) is 13.5. The van der Waals surface area contributed by atoms with E-state index in [1.54, 1.807) is 20.8 Å². The second-order valence-electron chi connectivity index (χ2n) is 12.0. The molecule has 8 heteroatoms. The van der Waals surface area contributed by atoms with Crippen LogP contribution in [0.3, 0.4) is 0 Å². The summed E-state index contributed by atoms with van der Waals surface area (Å²) < 4.78 is 11.0. The fraction of sp³-hybridized carbons (Fsp3) is 0.690. The summed E-state index contributed by atoms with van der Waals surface area (Å²) in [5, 5.41) is 5.58. The minimum Gasteiger partial charge on any atom is -0.444 e. The molecule has 208 valence electrons. The largest absolute Gasteiger partial charge is 0.444 e. The SMILES string of the molecule is CC(C)CCC(C)(C)OC(=O)NCCCC[C@H](NC(=O)OC(C)(C)C)C(=O)N1[C@H](c2ccccc2)[C@@H]1C. The highest BCUT2D eigenvalue weighted by Crippen LogP contribution is 2.43. The van der Waals surface area contributed by atoms with Crippen molar-refractivity contribution in [3.05, 3.63) is 35.9 Å². The number of ether oxygens (including phenoxy) is 2. The number of nitrogens with zero attached hydrogens (tertiary/aromatic N) is 1. The molecule has 1 fully saturated rings. The first-order chi connectivity index (χ1) is 17.2. The van der Waals surface area contributed by atoms with Crippen LogP contribution >= 0.6 is 0 Å². The molecule has 0 bridgehead atoms. The van der Waals surface area contributed by atoms with Crippen molar-refractivity contribution in [3.8, 4) is 0 Å². The van der Waals surface area contributed by atoms with Crippen molar-refractivity contribution < 1.29 is 23.9 Å². The highest BCUT2D eigenvalue weighted by molar-refractivity contribution is 5.88. The van der Waals surface area contributed by atoms with Crippen molar-refractivity contribution in [3.63, 3.8) is 0 Å². The highest BCUT2D eigenvalue weighted by atomic mass is 16.6. The Morgan fingerprint density at radius 2 is 1.59 bits per heavy atom. The molecule has 0 saturated carbocycles. The molecule has 0 spiro atoms. The standard InChI is InChI=1S/C29H47N3O5/c1-20(2)17-18-29(7,8)37-26(34)30-19-13-12-16-23(31-27(35)36-28(4,5)6)25(33)32-21(3)24(32)22-14-10-9-11-15-22/h9-11,14-15,20-21,23-24H,12-13,16-19H2,1-8H3,(H,30,34)(H,31,35)/t21-,23-,24-,32?/m0/s1. The average molecular weight is 518 g/mol. The smallest absolute Gasteiger partial charge is 0.408 e. The number of carbonyl (C=O) groups excluding carboxylic acids is 3. The minimum atomic E-state index is -0.701. The molecular weight excluding hydrogens is 470 g/mol. The molecule has 0 radical (unpaired) electrons. The highest BCUT2D eigenvalue weighted by Gasteiger charge is 2.50. The van der Waals surface area contributed by atoms with Crippen LogP contribution in [0.4, 0.5) is 9.59 Å². The fourth-order valence-corrected chi connectivity index (χ4v) is 4.30. The van der Waals surface area contributed by atoms with Crippen molar-refractivity contribution in [2.75, 3.05) is 6.54 Å². The van der Waals surface area contributed by atoms with Gasteiger partial charge in [0, 0.05) is 6.54 Å². The van der Waals surface area contributed by atoms with E-state index in [2.05, 4.69) is 24.5 Å². The Hall–Kier alpha value is -2.77. The van der Waals surface area contributed by atoms with E-state index in [9.17, 15) is 14.4 Å². The van der Waals surface area contributed by atoms with E-state index in [4.69, 9.17) is 9.47 Å². The van der Waals surface area contributed by atoms with Crippen molar-refractivity contribution in [1.29, 1.82) is 0 Å². The molecule has 3 amide bonds. The summed E-state index contributed by atoms with van der Waals surface area (Å²) in [5.74, 6) is 0.431. The molecule has 1 aliphatic heterocycles. The Balaban J connectivity index is 1.88. The predicted molar refractivity (Wildman–Crippen MR) is 145 cm³/mol. The molecule has 0 aliphatic carbocycles. The summed E-state index contributed by atoms with van der Waals surface area (Å²) >= 11 is 0. The van der Waals surface area contributed by atoms with Crippen LogP contribution in [0.15, 0.2) is 30.3 Å². The molecule has 37 heavy (non-hydrogen) atoms. The van der Waals surface area contributed by atoms with Gasteiger partial charge in [0.15, 0.2) is 0 Å². The van der Waals surface area contributed by atoms with Gasteiger partial charge >= 0.3 is 12.2 Å². The number of hydrogen-bond donors (Lipinski definition) is 2. The van der Waals surface area contributed by atoms with Crippen molar-refractivity contribution in [2.24, 2.45) is 5.92 Å². The third kappa shape index (κ3) is 10.6. The zero-order valence-corrected chi connectivity index (χ0v) is 23.9. The number of rotatable bonds is 12. The average Bonchev–Trinajstić information content (AvgIpc) is 3.46. The van der Waals surface area contributed by atoms with E-state index >= 15 is 0 Å². The van der Waals surface area contributed by atoms with Crippen LogP contribution in [0.2, 0.25) is 0 Å². The van der Waals surface area contributed by atoms with Crippen molar-refractivity contribution >= 4 is 18.1 Å². The van der Waals surface area contributed by atoms with Crippen LogP contribution in [0.25, 0.3) is 0 Å². The zero-order valence-electron chi connectivity index (χ0n) is 23.9. The van der Waals surface area contributed by atoms with Gasteiger partial charge in [-0.05, 0) is 85.1 Å². The maximum absolute atomic E-state index is 13.4. The lowest BCUT2D eigenvalue weighted by Crippen LogP contribution is -2.46. The summed E-state index contributed by atoms with van der Waals surface area (Å²) in [6.45, 7) is 15.9. The summed E-state index contributed by atoms with van der Waals surface area (Å²) in [5.41, 5.74) is -0.100. The number of carbonyl (C=O) groups is 3. The molecule has 1 aromatic carbocycles. The van der Waals surface area contributed by atoms with Crippen LogP contribution in [0, 0.1) is 5.92 Å². The summed E-state index contributed by atoms with van der Waals surface area (Å²) in [6.07, 6.45) is 2.48. The van der Waals surface area contributed by atoms with Gasteiger partial charge in [0.05, 0.1) is 12.1 Å². The second-order valence-corrected chi connectivity index (χ2v) is 12.0. The molecule has 1 saturated heterocycles. The Morgan fingerprint density at radius 3 is 2.19 bits per heavy atom. The van der Waals surface area contributed by atoms with E-state index in [0.717, 1.165) is 18.4 Å². The number of nitrogens with one attached hydrogen (secondary N) is 2. The molecule has 8 nitrogen and oxygen atoms in total. The van der Waals surface area contributed by atoms with Gasteiger partial charge in [-0.15, -0.1) is 0 Å². The van der Waals surface area contributed by atoms with Gasteiger partial charge in [-0.2, -0.15) is 0 Å². The minimum absolute atomic E-state index is 0.00660. The summed E-state index contributed by atoms with van der Waals surface area (Å²) in [7, 11) is 0. The van der Waals surface area contributed by atoms with Gasteiger partial charge in [0.25, 0.3) is 0 Å². The molecule has 0 unspecified atom stereocenters. The van der Waals surface area contributed by atoms with Gasteiger partial charge in [-0.1, -0.05) is 44.2 Å². The Morgan fingerprint density at radius 1 is 0.946 bits per heavy atom. The third-order valence-corrected chi connectivity index (χ3v) is 6.37. The Labute approximate surface area is 222 Å².